The van der Waals surface area contributed by atoms with Gasteiger partial charge in [0.15, 0.2) is 0 Å². The number of halogens is 2. The smallest absolute Gasteiger partial charge is 0.404 e. The van der Waals surface area contributed by atoms with Crippen LogP contribution in [0.25, 0.3) is 0 Å². The first-order chi connectivity index (χ1) is 10.1. The standard InChI is InChI=1S/C15H21BrFNO4/c1-15(2,3)12-11(5-4-10(17)13(12)16)22-8-9(19)6-7-21-14(18)20/h4-5,9,19H,6-8H2,1-3H3,(H2,18,20)/t9-/m1/s1. The van der Waals surface area contributed by atoms with Crippen LogP contribution in [-0.4, -0.2) is 30.5 Å². The average molecular weight is 378 g/mol. The minimum Gasteiger partial charge on any atom is -0.491 e. The van der Waals surface area contributed by atoms with Gasteiger partial charge in [-0.05, 0) is 33.5 Å². The number of benzene rings is 1. The molecule has 0 bridgehead atoms. The van der Waals surface area contributed by atoms with Crippen LogP contribution in [0.15, 0.2) is 16.6 Å². The summed E-state index contributed by atoms with van der Waals surface area (Å²) >= 11 is 3.24. The number of aliphatic hydroxyl groups excluding tert-OH is 1. The van der Waals surface area contributed by atoms with Crippen LogP contribution in [0, 0.1) is 5.82 Å². The predicted molar refractivity (Wildman–Crippen MR) is 84.5 cm³/mol. The van der Waals surface area contributed by atoms with E-state index in [1.165, 1.54) is 12.1 Å². The van der Waals surface area contributed by atoms with Crippen molar-refractivity contribution < 1.29 is 23.8 Å². The van der Waals surface area contributed by atoms with E-state index in [0.29, 0.717) is 15.8 Å². The highest BCUT2D eigenvalue weighted by Gasteiger charge is 2.24. The molecule has 0 aliphatic rings. The molecule has 22 heavy (non-hydrogen) atoms. The zero-order valence-corrected chi connectivity index (χ0v) is 14.4. The third-order valence-electron chi connectivity index (χ3n) is 2.93. The van der Waals surface area contributed by atoms with Crippen LogP contribution < -0.4 is 10.5 Å². The number of nitrogens with two attached hydrogens (primary N) is 1. The Morgan fingerprint density at radius 2 is 2.09 bits per heavy atom. The summed E-state index contributed by atoms with van der Waals surface area (Å²) in [5.41, 5.74) is 5.18. The summed E-state index contributed by atoms with van der Waals surface area (Å²) in [5, 5.41) is 9.80. The molecule has 1 rings (SSSR count). The molecule has 1 atom stereocenters. The summed E-state index contributed by atoms with van der Waals surface area (Å²) in [5.74, 6) is 0.128. The molecule has 0 aromatic heterocycles. The largest absolute Gasteiger partial charge is 0.491 e. The maximum Gasteiger partial charge on any atom is 0.404 e. The fourth-order valence-electron chi connectivity index (χ4n) is 1.92. The van der Waals surface area contributed by atoms with E-state index < -0.39 is 12.2 Å². The second kappa shape index (κ2) is 7.78. The lowest BCUT2D eigenvalue weighted by atomic mass is 9.86. The lowest BCUT2D eigenvalue weighted by Gasteiger charge is -2.25. The zero-order chi connectivity index (χ0) is 16.9. The molecule has 0 spiro atoms. The van der Waals surface area contributed by atoms with E-state index in [-0.39, 0.29) is 30.9 Å². The molecular weight excluding hydrogens is 357 g/mol. The molecule has 124 valence electrons. The third kappa shape index (κ3) is 5.46. The first-order valence-corrected chi connectivity index (χ1v) is 7.63. The molecule has 0 unspecified atom stereocenters. The summed E-state index contributed by atoms with van der Waals surface area (Å²) in [6, 6.07) is 2.84. The van der Waals surface area contributed by atoms with Crippen LogP contribution in [0.3, 0.4) is 0 Å². The topological polar surface area (TPSA) is 81.8 Å². The second-order valence-corrected chi connectivity index (χ2v) is 6.70. The highest BCUT2D eigenvalue weighted by atomic mass is 79.9. The van der Waals surface area contributed by atoms with Crippen LogP contribution in [0.1, 0.15) is 32.8 Å². The van der Waals surface area contributed by atoms with Gasteiger partial charge < -0.3 is 20.3 Å². The molecule has 1 amide bonds. The second-order valence-electron chi connectivity index (χ2n) is 5.91. The van der Waals surface area contributed by atoms with E-state index >= 15 is 0 Å². The maximum absolute atomic E-state index is 13.7. The van der Waals surface area contributed by atoms with Crippen molar-refractivity contribution in [1.82, 2.24) is 0 Å². The monoisotopic (exact) mass is 377 g/mol. The van der Waals surface area contributed by atoms with E-state index in [2.05, 4.69) is 20.7 Å². The van der Waals surface area contributed by atoms with Crippen molar-refractivity contribution in [3.8, 4) is 5.75 Å². The van der Waals surface area contributed by atoms with Gasteiger partial charge in [0.1, 0.15) is 18.2 Å². The zero-order valence-electron chi connectivity index (χ0n) is 12.9. The van der Waals surface area contributed by atoms with E-state index in [1.807, 2.05) is 20.8 Å². The molecular formula is C15H21BrFNO4. The van der Waals surface area contributed by atoms with Crippen molar-refractivity contribution in [3.63, 3.8) is 0 Å². The van der Waals surface area contributed by atoms with Gasteiger partial charge >= 0.3 is 6.09 Å². The molecule has 0 aliphatic heterocycles. The summed E-state index contributed by atoms with van der Waals surface area (Å²) in [6.07, 6.45) is -1.50. The van der Waals surface area contributed by atoms with Crippen LogP contribution in [0.4, 0.5) is 9.18 Å². The number of rotatable bonds is 6. The molecule has 5 nitrogen and oxygen atoms in total. The number of primary amides is 1. The van der Waals surface area contributed by atoms with Crippen molar-refractivity contribution in [3.05, 3.63) is 28.0 Å². The minimum atomic E-state index is -0.884. The number of amides is 1. The Labute approximate surface area is 137 Å². The number of ether oxygens (including phenoxy) is 2. The van der Waals surface area contributed by atoms with E-state index in [9.17, 15) is 14.3 Å². The highest BCUT2D eigenvalue weighted by molar-refractivity contribution is 9.10. The SMILES string of the molecule is CC(C)(C)c1c(OC[C@H](O)CCOC(N)=O)ccc(F)c1Br. The number of aliphatic hydroxyl groups is 1. The fraction of sp³-hybridized carbons (Fsp3) is 0.533. The van der Waals surface area contributed by atoms with Crippen molar-refractivity contribution in [2.45, 2.75) is 38.7 Å². The lowest BCUT2D eigenvalue weighted by Crippen LogP contribution is -2.23. The minimum absolute atomic E-state index is 0.00325. The Balaban J connectivity index is 2.74. The molecule has 0 fully saturated rings. The van der Waals surface area contributed by atoms with Gasteiger partial charge in [-0.25, -0.2) is 9.18 Å². The van der Waals surface area contributed by atoms with Crippen LogP contribution >= 0.6 is 15.9 Å². The Kier molecular flexibility index (Phi) is 6.62. The average Bonchev–Trinajstić information content (AvgIpc) is 2.38. The molecule has 7 heteroatoms. The van der Waals surface area contributed by atoms with E-state index in [4.69, 9.17) is 10.5 Å². The van der Waals surface area contributed by atoms with Gasteiger partial charge in [0.2, 0.25) is 0 Å². The van der Waals surface area contributed by atoms with Crippen molar-refractivity contribution >= 4 is 22.0 Å². The predicted octanol–water partition coefficient (Wildman–Crippen LogP) is 3.11. The van der Waals surface area contributed by atoms with E-state index in [0.717, 1.165) is 0 Å². The molecule has 0 heterocycles. The maximum atomic E-state index is 13.7. The Bertz CT molecular complexity index is 531. The quantitative estimate of drug-likeness (QED) is 0.797. The Hall–Kier alpha value is -1.34. The first-order valence-electron chi connectivity index (χ1n) is 6.84. The lowest BCUT2D eigenvalue weighted by molar-refractivity contribution is 0.0737. The van der Waals surface area contributed by atoms with Crippen molar-refractivity contribution in [1.29, 1.82) is 0 Å². The van der Waals surface area contributed by atoms with Crippen LogP contribution in [0.5, 0.6) is 5.75 Å². The first kappa shape index (κ1) is 18.7. The van der Waals surface area contributed by atoms with Gasteiger partial charge in [0.25, 0.3) is 0 Å². The number of carbonyl (C=O) groups is 1. The summed E-state index contributed by atoms with van der Waals surface area (Å²) in [7, 11) is 0. The summed E-state index contributed by atoms with van der Waals surface area (Å²) in [4.78, 5) is 10.4. The molecule has 1 aromatic rings. The molecule has 0 aliphatic carbocycles. The molecule has 0 saturated heterocycles. The number of hydrogen-bond acceptors (Lipinski definition) is 4. The number of hydrogen-bond donors (Lipinski definition) is 2. The normalized spacial score (nSPS) is 12.8. The fourth-order valence-corrected chi connectivity index (χ4v) is 2.84. The van der Waals surface area contributed by atoms with E-state index in [1.54, 1.807) is 0 Å². The van der Waals surface area contributed by atoms with Gasteiger partial charge in [-0.3, -0.25) is 0 Å². The summed E-state index contributed by atoms with van der Waals surface area (Å²) in [6.45, 7) is 5.84. The van der Waals surface area contributed by atoms with Gasteiger partial charge in [-0.1, -0.05) is 20.8 Å². The van der Waals surface area contributed by atoms with Crippen molar-refractivity contribution in [2.75, 3.05) is 13.2 Å². The molecule has 3 N–H and O–H groups in total. The Morgan fingerprint density at radius 3 is 2.64 bits per heavy atom. The van der Waals surface area contributed by atoms with Gasteiger partial charge in [0, 0.05) is 12.0 Å². The molecule has 0 saturated carbocycles. The Morgan fingerprint density at radius 1 is 1.45 bits per heavy atom. The molecule has 1 aromatic carbocycles. The van der Waals surface area contributed by atoms with Crippen LogP contribution in [0.2, 0.25) is 0 Å². The third-order valence-corrected chi connectivity index (χ3v) is 3.71. The van der Waals surface area contributed by atoms with Gasteiger partial charge in [-0.15, -0.1) is 0 Å². The summed E-state index contributed by atoms with van der Waals surface area (Å²) < 4.78 is 24.2. The van der Waals surface area contributed by atoms with Gasteiger partial charge in [-0.2, -0.15) is 0 Å². The highest BCUT2D eigenvalue weighted by Crippen LogP contribution is 2.38. The molecule has 0 radical (unpaired) electrons. The van der Waals surface area contributed by atoms with Crippen LogP contribution in [-0.2, 0) is 10.2 Å². The van der Waals surface area contributed by atoms with Gasteiger partial charge in [0.05, 0.1) is 17.2 Å². The number of carbonyl (C=O) groups excluding carboxylic acids is 1. The van der Waals surface area contributed by atoms with Crippen molar-refractivity contribution in [2.24, 2.45) is 5.73 Å².